The second kappa shape index (κ2) is 5.82. The summed E-state index contributed by atoms with van der Waals surface area (Å²) in [5, 5.41) is 3.78. The number of sulfonamides is 1. The number of nitrogens with zero attached hydrogens (tertiary/aromatic N) is 3. The smallest absolute Gasteiger partial charge is 0.276 e. The van der Waals surface area contributed by atoms with Gasteiger partial charge in [-0.2, -0.15) is 4.31 Å². The molecule has 0 spiro atoms. The van der Waals surface area contributed by atoms with Crippen molar-refractivity contribution in [3.05, 3.63) is 30.2 Å². The third-order valence-corrected chi connectivity index (χ3v) is 5.17. The summed E-state index contributed by atoms with van der Waals surface area (Å²) in [7, 11) is -3.27. The van der Waals surface area contributed by atoms with E-state index in [0.717, 1.165) is 0 Å². The van der Waals surface area contributed by atoms with Crippen molar-refractivity contribution < 1.29 is 22.2 Å². The van der Waals surface area contributed by atoms with Crippen LogP contribution in [0.25, 0.3) is 11.5 Å². The van der Waals surface area contributed by atoms with Crippen LogP contribution in [0.15, 0.2) is 33.4 Å². The topological polar surface area (TPSA) is 96.9 Å². The second-order valence-corrected chi connectivity index (χ2v) is 7.46. The molecule has 3 heterocycles. The summed E-state index contributed by atoms with van der Waals surface area (Å²) in [5.41, 5.74) is 0.177. The molecule has 124 valence electrons. The molecule has 0 radical (unpaired) electrons. The Morgan fingerprint density at radius 2 is 2.13 bits per heavy atom. The maximum absolute atomic E-state index is 12.5. The molecule has 1 amide bonds. The molecule has 2 aromatic heterocycles. The molecule has 9 heteroatoms. The highest BCUT2D eigenvalue weighted by atomic mass is 32.2. The lowest BCUT2D eigenvalue weighted by Crippen LogP contribution is -2.55. The summed E-state index contributed by atoms with van der Waals surface area (Å²) in [5.74, 6) is 0.583. The van der Waals surface area contributed by atoms with Gasteiger partial charge in [0.25, 0.3) is 5.91 Å². The number of hydrogen-bond acceptors (Lipinski definition) is 6. The van der Waals surface area contributed by atoms with E-state index >= 15 is 0 Å². The number of piperazine rings is 1. The molecular weight excluding hydrogens is 322 g/mol. The van der Waals surface area contributed by atoms with Crippen LogP contribution in [0.1, 0.15) is 17.4 Å². The van der Waals surface area contributed by atoms with Crippen LogP contribution in [0, 0.1) is 0 Å². The molecule has 0 unspecified atom stereocenters. The molecule has 0 saturated carbocycles. The maximum atomic E-state index is 12.5. The summed E-state index contributed by atoms with van der Waals surface area (Å²) < 4.78 is 35.0. The van der Waals surface area contributed by atoms with Crippen LogP contribution in [-0.4, -0.2) is 60.6 Å². The van der Waals surface area contributed by atoms with Crippen LogP contribution in [0.2, 0.25) is 0 Å². The van der Waals surface area contributed by atoms with Gasteiger partial charge in [-0.05, 0) is 19.1 Å². The second-order valence-electron chi connectivity index (χ2n) is 5.53. The fourth-order valence-electron chi connectivity index (χ4n) is 2.69. The van der Waals surface area contributed by atoms with E-state index in [0.29, 0.717) is 24.6 Å². The average molecular weight is 339 g/mol. The average Bonchev–Trinajstić information content (AvgIpc) is 3.15. The first kappa shape index (κ1) is 15.8. The summed E-state index contributed by atoms with van der Waals surface area (Å²) in [4.78, 5) is 14.1. The van der Waals surface area contributed by atoms with Crippen LogP contribution in [-0.2, 0) is 10.0 Å². The summed E-state index contributed by atoms with van der Waals surface area (Å²) in [6.07, 6.45) is 2.68. The van der Waals surface area contributed by atoms with Gasteiger partial charge in [-0.25, -0.2) is 8.42 Å². The highest BCUT2D eigenvalue weighted by Crippen LogP contribution is 2.22. The van der Waals surface area contributed by atoms with Crippen molar-refractivity contribution in [2.45, 2.75) is 13.0 Å². The standard InChI is InChI=1S/C14H17N3O5S/c1-10-9-16(5-6-17(10)23(2,19)20)14(18)11-8-13(22-15-11)12-4-3-7-21-12/h3-4,7-8,10H,5-6,9H2,1-2H3/t10-/m0/s1. The SMILES string of the molecule is C[C@H]1CN(C(=O)c2cc(-c3ccco3)on2)CCN1S(C)(=O)=O. The molecular formula is C14H17N3O5S. The zero-order valence-electron chi connectivity index (χ0n) is 12.8. The summed E-state index contributed by atoms with van der Waals surface area (Å²) in [6.45, 7) is 2.68. The molecule has 1 fully saturated rings. The van der Waals surface area contributed by atoms with Crippen molar-refractivity contribution in [3.63, 3.8) is 0 Å². The Kier molecular flexibility index (Phi) is 3.99. The third kappa shape index (κ3) is 3.15. The molecule has 2 aromatic rings. The number of carbonyl (C=O) groups excluding carboxylic acids is 1. The Bertz CT molecular complexity index is 796. The zero-order valence-corrected chi connectivity index (χ0v) is 13.6. The minimum atomic E-state index is -3.27. The van der Waals surface area contributed by atoms with Crippen LogP contribution >= 0.6 is 0 Å². The third-order valence-electron chi connectivity index (χ3n) is 3.77. The molecule has 0 aliphatic carbocycles. The number of hydrogen-bond donors (Lipinski definition) is 0. The van der Waals surface area contributed by atoms with Crippen LogP contribution < -0.4 is 0 Å². The first-order valence-electron chi connectivity index (χ1n) is 7.13. The summed E-state index contributed by atoms with van der Waals surface area (Å²) >= 11 is 0. The van der Waals surface area contributed by atoms with E-state index in [1.165, 1.54) is 22.9 Å². The number of aromatic nitrogens is 1. The minimum Gasteiger partial charge on any atom is -0.461 e. The van der Waals surface area contributed by atoms with E-state index in [1.807, 2.05) is 0 Å². The predicted molar refractivity (Wildman–Crippen MR) is 81.1 cm³/mol. The Balaban J connectivity index is 1.72. The predicted octanol–water partition coefficient (Wildman–Crippen LogP) is 1.04. The Morgan fingerprint density at radius 1 is 1.35 bits per heavy atom. The van der Waals surface area contributed by atoms with E-state index in [1.54, 1.807) is 24.0 Å². The molecule has 3 rings (SSSR count). The molecule has 1 atom stereocenters. The molecule has 0 N–H and O–H groups in total. The lowest BCUT2D eigenvalue weighted by Gasteiger charge is -2.37. The minimum absolute atomic E-state index is 0.177. The van der Waals surface area contributed by atoms with Gasteiger partial charge in [-0.3, -0.25) is 4.79 Å². The van der Waals surface area contributed by atoms with Gasteiger partial charge in [0.2, 0.25) is 15.8 Å². The molecule has 0 bridgehead atoms. The quantitative estimate of drug-likeness (QED) is 0.829. The zero-order chi connectivity index (χ0) is 16.6. The van der Waals surface area contributed by atoms with Crippen molar-refractivity contribution in [2.24, 2.45) is 0 Å². The molecule has 1 aliphatic heterocycles. The number of rotatable bonds is 3. The molecule has 1 aliphatic rings. The lowest BCUT2D eigenvalue weighted by molar-refractivity contribution is 0.0632. The first-order valence-corrected chi connectivity index (χ1v) is 8.98. The summed E-state index contributed by atoms with van der Waals surface area (Å²) in [6, 6.07) is 4.67. The normalized spacial score (nSPS) is 19.9. The lowest BCUT2D eigenvalue weighted by atomic mass is 10.2. The van der Waals surface area contributed by atoms with Gasteiger partial charge < -0.3 is 13.8 Å². The van der Waals surface area contributed by atoms with Gasteiger partial charge in [0.1, 0.15) is 0 Å². The van der Waals surface area contributed by atoms with Gasteiger partial charge in [-0.1, -0.05) is 5.16 Å². The highest BCUT2D eigenvalue weighted by Gasteiger charge is 2.33. The van der Waals surface area contributed by atoms with Gasteiger partial charge >= 0.3 is 0 Å². The van der Waals surface area contributed by atoms with Crippen molar-refractivity contribution in [1.29, 1.82) is 0 Å². The molecule has 23 heavy (non-hydrogen) atoms. The van der Waals surface area contributed by atoms with Gasteiger partial charge in [0.15, 0.2) is 11.5 Å². The van der Waals surface area contributed by atoms with E-state index in [4.69, 9.17) is 8.94 Å². The Labute approximate surface area is 133 Å². The van der Waals surface area contributed by atoms with Crippen molar-refractivity contribution in [2.75, 3.05) is 25.9 Å². The van der Waals surface area contributed by atoms with Crippen LogP contribution in [0.3, 0.4) is 0 Å². The highest BCUT2D eigenvalue weighted by molar-refractivity contribution is 7.88. The Hall–Kier alpha value is -2.13. The number of carbonyl (C=O) groups is 1. The van der Waals surface area contributed by atoms with Crippen molar-refractivity contribution >= 4 is 15.9 Å². The van der Waals surface area contributed by atoms with Crippen molar-refractivity contribution in [1.82, 2.24) is 14.4 Å². The van der Waals surface area contributed by atoms with E-state index in [2.05, 4.69) is 5.16 Å². The molecule has 1 saturated heterocycles. The number of amides is 1. The number of furan rings is 1. The van der Waals surface area contributed by atoms with Crippen LogP contribution in [0.5, 0.6) is 0 Å². The van der Waals surface area contributed by atoms with E-state index in [9.17, 15) is 13.2 Å². The largest absolute Gasteiger partial charge is 0.461 e. The van der Waals surface area contributed by atoms with Crippen molar-refractivity contribution in [3.8, 4) is 11.5 Å². The Morgan fingerprint density at radius 3 is 2.74 bits per heavy atom. The molecule has 0 aromatic carbocycles. The molecule has 8 nitrogen and oxygen atoms in total. The fraction of sp³-hybridized carbons (Fsp3) is 0.429. The van der Waals surface area contributed by atoms with E-state index in [-0.39, 0.29) is 24.2 Å². The van der Waals surface area contributed by atoms with Gasteiger partial charge in [-0.15, -0.1) is 0 Å². The first-order chi connectivity index (χ1) is 10.9. The van der Waals surface area contributed by atoms with Crippen LogP contribution in [0.4, 0.5) is 0 Å². The van der Waals surface area contributed by atoms with E-state index < -0.39 is 10.0 Å². The van der Waals surface area contributed by atoms with Gasteiger partial charge in [0, 0.05) is 31.7 Å². The maximum Gasteiger partial charge on any atom is 0.276 e. The monoisotopic (exact) mass is 339 g/mol. The van der Waals surface area contributed by atoms with Gasteiger partial charge in [0.05, 0.1) is 12.5 Å². The fourth-order valence-corrected chi connectivity index (χ4v) is 3.82.